The maximum atomic E-state index is 11.4. The fourth-order valence-corrected chi connectivity index (χ4v) is 2.09. The molecule has 0 bridgehead atoms. The molecule has 1 aromatic rings. The topological polar surface area (TPSA) is 75.8 Å². The molecular weight excluding hydrogens is 232 g/mol. The van der Waals surface area contributed by atoms with Gasteiger partial charge in [0.05, 0.1) is 0 Å². The van der Waals surface area contributed by atoms with Crippen LogP contribution in [0.5, 0.6) is 0 Å². The van der Waals surface area contributed by atoms with Gasteiger partial charge in [-0.1, -0.05) is 30.3 Å². The highest BCUT2D eigenvalue weighted by atomic mass is 16.6. The Morgan fingerprint density at radius 2 is 1.94 bits per heavy atom. The number of carbonyl (C=O) groups excluding carboxylic acids is 1. The van der Waals surface area contributed by atoms with Crippen molar-refractivity contribution < 1.29 is 14.6 Å². The fourth-order valence-electron chi connectivity index (χ4n) is 2.09. The van der Waals surface area contributed by atoms with Crippen LogP contribution in [0.15, 0.2) is 30.3 Å². The van der Waals surface area contributed by atoms with Crippen LogP contribution in [0.2, 0.25) is 0 Å². The molecule has 1 aliphatic rings. The van der Waals surface area contributed by atoms with E-state index in [2.05, 4.69) is 0 Å². The Bertz CT molecular complexity index is 447. The second-order valence-corrected chi connectivity index (χ2v) is 4.98. The lowest BCUT2D eigenvalue weighted by molar-refractivity contribution is -0.139. The van der Waals surface area contributed by atoms with Crippen LogP contribution in [0.25, 0.3) is 0 Å². The molecule has 1 aromatic carbocycles. The summed E-state index contributed by atoms with van der Waals surface area (Å²) in [5.74, 6) is 5.51. The first kappa shape index (κ1) is 12.9. The van der Waals surface area contributed by atoms with E-state index in [9.17, 15) is 9.90 Å². The van der Waals surface area contributed by atoms with Gasteiger partial charge in [-0.05, 0) is 32.3 Å². The molecule has 3 N–H and O–H groups in total. The van der Waals surface area contributed by atoms with Crippen LogP contribution < -0.4 is 5.84 Å². The molecule has 1 amide bonds. The maximum Gasteiger partial charge on any atom is 0.427 e. The normalized spacial score (nSPS) is 31.6. The zero-order valence-corrected chi connectivity index (χ0v) is 10.6. The molecular formula is C13H18N2O3. The van der Waals surface area contributed by atoms with E-state index in [0.29, 0.717) is 12.8 Å². The molecule has 0 aromatic heterocycles. The summed E-state index contributed by atoms with van der Waals surface area (Å²) in [5, 5.41) is 11.0. The number of hydrogen-bond acceptors (Lipinski definition) is 4. The summed E-state index contributed by atoms with van der Waals surface area (Å²) in [7, 11) is 0. The first-order valence-corrected chi connectivity index (χ1v) is 5.91. The SMILES string of the molecule is C[C@]1(CCc2ccccc2)OC(=O)N(N)[C@]1(C)O. The molecule has 2 rings (SSSR count). The average Bonchev–Trinajstić information content (AvgIpc) is 2.50. The van der Waals surface area contributed by atoms with Gasteiger partial charge in [-0.3, -0.25) is 0 Å². The predicted molar refractivity (Wildman–Crippen MR) is 66.3 cm³/mol. The van der Waals surface area contributed by atoms with Crippen molar-refractivity contribution in [3.63, 3.8) is 0 Å². The van der Waals surface area contributed by atoms with Crippen molar-refractivity contribution in [3.05, 3.63) is 35.9 Å². The highest BCUT2D eigenvalue weighted by molar-refractivity contribution is 5.71. The molecule has 98 valence electrons. The van der Waals surface area contributed by atoms with Gasteiger partial charge in [0.2, 0.25) is 0 Å². The number of carbonyl (C=O) groups is 1. The molecule has 1 heterocycles. The van der Waals surface area contributed by atoms with Gasteiger partial charge in [-0.25, -0.2) is 15.6 Å². The van der Waals surface area contributed by atoms with Crippen molar-refractivity contribution in [2.24, 2.45) is 5.84 Å². The lowest BCUT2D eigenvalue weighted by atomic mass is 9.88. The molecule has 2 atom stereocenters. The number of benzene rings is 1. The summed E-state index contributed by atoms with van der Waals surface area (Å²) in [6.07, 6.45) is 0.508. The minimum Gasteiger partial charge on any atom is -0.437 e. The van der Waals surface area contributed by atoms with Crippen molar-refractivity contribution in [2.45, 2.75) is 38.0 Å². The number of cyclic esters (lactones) is 1. The Morgan fingerprint density at radius 1 is 1.33 bits per heavy atom. The highest BCUT2D eigenvalue weighted by Crippen LogP contribution is 2.38. The van der Waals surface area contributed by atoms with E-state index >= 15 is 0 Å². The largest absolute Gasteiger partial charge is 0.437 e. The van der Waals surface area contributed by atoms with Gasteiger partial charge >= 0.3 is 6.09 Å². The maximum absolute atomic E-state index is 11.4. The standard InChI is InChI=1S/C13H18N2O3/c1-12(9-8-10-6-4-3-5-7-10)13(2,17)15(14)11(16)18-12/h3-7,17H,8-9,14H2,1-2H3/t12-,13-/m1/s1. The Hall–Kier alpha value is -1.59. The van der Waals surface area contributed by atoms with Crippen LogP contribution in [0.4, 0.5) is 4.79 Å². The van der Waals surface area contributed by atoms with Gasteiger partial charge in [0.25, 0.3) is 0 Å². The van der Waals surface area contributed by atoms with Gasteiger partial charge < -0.3 is 9.84 Å². The van der Waals surface area contributed by atoms with Crippen molar-refractivity contribution in [3.8, 4) is 0 Å². The third-order valence-electron chi connectivity index (χ3n) is 3.71. The summed E-state index contributed by atoms with van der Waals surface area (Å²) in [5.41, 5.74) is -1.38. The predicted octanol–water partition coefficient (Wildman–Crippen LogP) is 1.41. The molecule has 0 radical (unpaired) electrons. The van der Waals surface area contributed by atoms with Crippen LogP contribution in [-0.2, 0) is 11.2 Å². The monoisotopic (exact) mass is 250 g/mol. The van der Waals surface area contributed by atoms with E-state index in [4.69, 9.17) is 10.6 Å². The van der Waals surface area contributed by atoms with E-state index in [1.807, 2.05) is 30.3 Å². The first-order chi connectivity index (χ1) is 8.37. The van der Waals surface area contributed by atoms with Crippen molar-refractivity contribution >= 4 is 6.09 Å². The molecule has 1 saturated heterocycles. The molecule has 5 nitrogen and oxygen atoms in total. The van der Waals surface area contributed by atoms with Gasteiger partial charge in [0.1, 0.15) is 0 Å². The zero-order valence-electron chi connectivity index (χ0n) is 10.6. The van der Waals surface area contributed by atoms with E-state index in [-0.39, 0.29) is 0 Å². The van der Waals surface area contributed by atoms with Gasteiger partial charge in [0, 0.05) is 0 Å². The molecule has 5 heteroatoms. The van der Waals surface area contributed by atoms with Gasteiger partial charge in [-0.2, -0.15) is 0 Å². The second kappa shape index (κ2) is 4.26. The molecule has 1 fully saturated rings. The number of hydrazine groups is 1. The van der Waals surface area contributed by atoms with Crippen LogP contribution in [0.1, 0.15) is 25.8 Å². The summed E-state index contributed by atoms with van der Waals surface area (Å²) >= 11 is 0. The van der Waals surface area contributed by atoms with E-state index in [1.54, 1.807) is 6.92 Å². The lowest BCUT2D eigenvalue weighted by Gasteiger charge is -2.35. The third kappa shape index (κ3) is 1.95. The molecule has 18 heavy (non-hydrogen) atoms. The molecule has 0 unspecified atom stereocenters. The number of ether oxygens (including phenoxy) is 1. The number of nitrogens with zero attached hydrogens (tertiary/aromatic N) is 1. The van der Waals surface area contributed by atoms with Crippen molar-refractivity contribution in [2.75, 3.05) is 0 Å². The van der Waals surface area contributed by atoms with E-state index in [1.165, 1.54) is 6.92 Å². The van der Waals surface area contributed by atoms with Crippen molar-refractivity contribution in [1.29, 1.82) is 0 Å². The Morgan fingerprint density at radius 3 is 2.44 bits per heavy atom. The number of hydrogen-bond donors (Lipinski definition) is 2. The van der Waals surface area contributed by atoms with Gasteiger partial charge in [0.15, 0.2) is 11.3 Å². The van der Waals surface area contributed by atoms with E-state index < -0.39 is 17.4 Å². The van der Waals surface area contributed by atoms with E-state index in [0.717, 1.165) is 10.6 Å². The Kier molecular flexibility index (Phi) is 3.04. The number of aliphatic hydroxyl groups is 1. The van der Waals surface area contributed by atoms with Crippen LogP contribution in [0.3, 0.4) is 0 Å². The summed E-state index contributed by atoms with van der Waals surface area (Å²) in [6.45, 7) is 3.18. The lowest BCUT2D eigenvalue weighted by Crippen LogP contribution is -2.57. The first-order valence-electron chi connectivity index (χ1n) is 5.91. The number of amides is 1. The van der Waals surface area contributed by atoms with Crippen LogP contribution in [0, 0.1) is 0 Å². The Labute approximate surface area is 106 Å². The Balaban J connectivity index is 2.11. The summed E-state index contributed by atoms with van der Waals surface area (Å²) in [4.78, 5) is 11.4. The number of aryl methyl sites for hydroxylation is 1. The third-order valence-corrected chi connectivity index (χ3v) is 3.71. The molecule has 0 spiro atoms. The number of rotatable bonds is 3. The molecule has 0 saturated carbocycles. The highest BCUT2D eigenvalue weighted by Gasteiger charge is 2.58. The van der Waals surface area contributed by atoms with Gasteiger partial charge in [-0.15, -0.1) is 0 Å². The quantitative estimate of drug-likeness (QED) is 0.628. The summed E-state index contributed by atoms with van der Waals surface area (Å²) in [6, 6.07) is 9.83. The minimum atomic E-state index is -1.50. The van der Waals surface area contributed by atoms with Crippen LogP contribution >= 0.6 is 0 Å². The summed E-state index contributed by atoms with van der Waals surface area (Å²) < 4.78 is 5.21. The molecule has 0 aliphatic carbocycles. The zero-order chi connectivity index (χ0) is 13.4. The van der Waals surface area contributed by atoms with Crippen molar-refractivity contribution in [1.82, 2.24) is 5.01 Å². The van der Waals surface area contributed by atoms with Crippen LogP contribution in [-0.4, -0.2) is 27.5 Å². The number of nitrogens with two attached hydrogens (primary N) is 1. The fraction of sp³-hybridized carbons (Fsp3) is 0.462. The second-order valence-electron chi connectivity index (χ2n) is 4.98. The minimum absolute atomic E-state index is 0.503. The smallest absolute Gasteiger partial charge is 0.427 e. The average molecular weight is 250 g/mol. The molecule has 1 aliphatic heterocycles.